The van der Waals surface area contributed by atoms with Gasteiger partial charge in [-0.05, 0) is 33.1 Å². The number of rotatable bonds is 9. The summed E-state index contributed by atoms with van der Waals surface area (Å²) in [6.45, 7) is 4.93. The van der Waals surface area contributed by atoms with Crippen molar-refractivity contribution in [3.63, 3.8) is 0 Å². The summed E-state index contributed by atoms with van der Waals surface area (Å²) in [6.07, 6.45) is 2.82. The molecule has 0 aliphatic carbocycles. The third-order valence-electron chi connectivity index (χ3n) is 2.66. The molecule has 0 aliphatic rings. The maximum Gasteiger partial charge on any atom is 0.323 e. The average Bonchev–Trinajstić information content (AvgIpc) is 2.42. The summed E-state index contributed by atoms with van der Waals surface area (Å²) in [6, 6.07) is 0.330. The summed E-state index contributed by atoms with van der Waals surface area (Å²) in [5, 5.41) is 11.7. The molecule has 2 N–H and O–H groups in total. The van der Waals surface area contributed by atoms with Crippen molar-refractivity contribution in [2.75, 3.05) is 37.5 Å². The van der Waals surface area contributed by atoms with Gasteiger partial charge in [0.1, 0.15) is 0 Å². The number of unbranched alkanes of at least 4 members (excludes halogenated alkanes) is 2. The first-order chi connectivity index (χ1) is 9.56. The van der Waals surface area contributed by atoms with Crippen LogP contribution in [-0.4, -0.2) is 53.4 Å². The van der Waals surface area contributed by atoms with E-state index < -0.39 is 0 Å². The maximum atomic E-state index is 8.77. The molecule has 0 atom stereocenters. The van der Waals surface area contributed by atoms with E-state index in [2.05, 4.69) is 20.3 Å². The van der Waals surface area contributed by atoms with Crippen LogP contribution in [0.2, 0.25) is 0 Å². The van der Waals surface area contributed by atoms with E-state index >= 15 is 0 Å². The second kappa shape index (κ2) is 8.52. The van der Waals surface area contributed by atoms with E-state index in [-0.39, 0.29) is 12.7 Å². The van der Waals surface area contributed by atoms with Crippen LogP contribution in [-0.2, 0) is 0 Å². The lowest BCUT2D eigenvalue weighted by Crippen LogP contribution is -2.22. The normalized spacial score (nSPS) is 10.7. The van der Waals surface area contributed by atoms with Gasteiger partial charge in [-0.3, -0.25) is 0 Å². The van der Waals surface area contributed by atoms with Crippen LogP contribution in [0.1, 0.15) is 33.1 Å². The molecule has 1 aromatic heterocycles. The topological polar surface area (TPSA) is 83.4 Å². The quantitative estimate of drug-likeness (QED) is 0.661. The molecule has 0 saturated carbocycles. The van der Waals surface area contributed by atoms with Crippen LogP contribution < -0.4 is 15.0 Å². The molecular formula is C13H25N5O2. The summed E-state index contributed by atoms with van der Waals surface area (Å²) >= 11 is 0. The first-order valence-electron chi connectivity index (χ1n) is 6.99. The number of aromatic nitrogens is 3. The van der Waals surface area contributed by atoms with E-state index in [9.17, 15) is 0 Å². The number of nitrogens with one attached hydrogen (secondary N) is 1. The molecule has 1 heterocycles. The Bertz CT molecular complexity index is 400. The van der Waals surface area contributed by atoms with E-state index in [1.807, 2.05) is 25.8 Å². The van der Waals surface area contributed by atoms with Crippen molar-refractivity contribution in [2.24, 2.45) is 0 Å². The number of ether oxygens (including phenoxy) is 1. The van der Waals surface area contributed by atoms with Gasteiger partial charge in [0.25, 0.3) is 0 Å². The largest absolute Gasteiger partial charge is 0.461 e. The van der Waals surface area contributed by atoms with Gasteiger partial charge in [0.05, 0.1) is 6.10 Å². The van der Waals surface area contributed by atoms with Crippen LogP contribution in [0.15, 0.2) is 0 Å². The van der Waals surface area contributed by atoms with Crippen LogP contribution in [0.4, 0.5) is 11.9 Å². The minimum absolute atomic E-state index is 0.0183. The fraction of sp³-hybridized carbons (Fsp3) is 0.769. The minimum Gasteiger partial charge on any atom is -0.461 e. The van der Waals surface area contributed by atoms with Crippen molar-refractivity contribution in [3.05, 3.63) is 0 Å². The van der Waals surface area contributed by atoms with Gasteiger partial charge >= 0.3 is 6.01 Å². The zero-order valence-electron chi connectivity index (χ0n) is 12.8. The molecule has 7 heteroatoms. The van der Waals surface area contributed by atoms with Gasteiger partial charge in [-0.2, -0.15) is 15.0 Å². The third-order valence-corrected chi connectivity index (χ3v) is 2.66. The highest BCUT2D eigenvalue weighted by atomic mass is 16.5. The fourth-order valence-corrected chi connectivity index (χ4v) is 1.63. The highest BCUT2D eigenvalue weighted by molar-refractivity contribution is 5.37. The van der Waals surface area contributed by atoms with Crippen LogP contribution in [0.3, 0.4) is 0 Å². The molecule has 0 aliphatic heterocycles. The highest BCUT2D eigenvalue weighted by Crippen LogP contribution is 2.15. The highest BCUT2D eigenvalue weighted by Gasteiger charge is 2.11. The Morgan fingerprint density at radius 3 is 2.55 bits per heavy atom. The predicted octanol–water partition coefficient (Wildman–Crippen LogP) is 1.30. The summed E-state index contributed by atoms with van der Waals surface area (Å²) < 4.78 is 5.53. The van der Waals surface area contributed by atoms with Gasteiger partial charge in [-0.25, -0.2) is 0 Å². The summed E-state index contributed by atoms with van der Waals surface area (Å²) in [7, 11) is 3.70. The van der Waals surface area contributed by atoms with E-state index in [4.69, 9.17) is 9.84 Å². The number of anilines is 2. The van der Waals surface area contributed by atoms with Gasteiger partial charge in [-0.1, -0.05) is 0 Å². The lowest BCUT2D eigenvalue weighted by atomic mass is 10.2. The molecular weight excluding hydrogens is 258 g/mol. The number of nitrogens with zero attached hydrogens (tertiary/aromatic N) is 4. The maximum absolute atomic E-state index is 8.77. The Labute approximate surface area is 120 Å². The Balaban J connectivity index is 2.71. The number of hydrogen-bond acceptors (Lipinski definition) is 7. The molecule has 7 nitrogen and oxygen atoms in total. The van der Waals surface area contributed by atoms with Gasteiger partial charge in [0.2, 0.25) is 11.9 Å². The van der Waals surface area contributed by atoms with Gasteiger partial charge in [0.15, 0.2) is 0 Å². The molecule has 0 fully saturated rings. The monoisotopic (exact) mass is 283 g/mol. The van der Waals surface area contributed by atoms with Gasteiger partial charge in [-0.15, -0.1) is 0 Å². The van der Waals surface area contributed by atoms with Crippen LogP contribution in [0.5, 0.6) is 6.01 Å². The SMILES string of the molecule is CNc1nc(OC(C)C)nc(N(C)CCCCCO)n1. The summed E-state index contributed by atoms with van der Waals surface area (Å²) in [5.41, 5.74) is 0. The van der Waals surface area contributed by atoms with Gasteiger partial charge in [0, 0.05) is 27.2 Å². The lowest BCUT2D eigenvalue weighted by Gasteiger charge is -2.18. The molecule has 1 aromatic rings. The van der Waals surface area contributed by atoms with Crippen LogP contribution in [0, 0.1) is 0 Å². The van der Waals surface area contributed by atoms with E-state index in [0.717, 1.165) is 25.8 Å². The number of aliphatic hydroxyl groups is 1. The molecule has 0 aromatic carbocycles. The molecule has 0 unspecified atom stereocenters. The van der Waals surface area contributed by atoms with Crippen molar-refractivity contribution in [1.82, 2.24) is 15.0 Å². The molecule has 0 spiro atoms. The summed E-state index contributed by atoms with van der Waals surface area (Å²) in [5.74, 6) is 1.08. The number of hydrogen-bond donors (Lipinski definition) is 2. The van der Waals surface area contributed by atoms with Crippen molar-refractivity contribution in [3.8, 4) is 6.01 Å². The van der Waals surface area contributed by atoms with Gasteiger partial charge < -0.3 is 20.1 Å². The number of aliphatic hydroxyl groups excluding tert-OH is 1. The van der Waals surface area contributed by atoms with Crippen molar-refractivity contribution in [2.45, 2.75) is 39.2 Å². The fourth-order valence-electron chi connectivity index (χ4n) is 1.63. The van der Waals surface area contributed by atoms with E-state index in [0.29, 0.717) is 17.9 Å². The molecule has 0 radical (unpaired) electrons. The standard InChI is InChI=1S/C13H25N5O2/c1-10(2)20-13-16-11(14-3)15-12(17-13)18(4)8-6-5-7-9-19/h10,19H,5-9H2,1-4H3,(H,14,15,16,17). The molecule has 0 saturated heterocycles. The Kier molecular flexibility index (Phi) is 7.00. The second-order valence-electron chi connectivity index (χ2n) is 4.86. The second-order valence-corrected chi connectivity index (χ2v) is 4.86. The average molecular weight is 283 g/mol. The smallest absolute Gasteiger partial charge is 0.323 e. The molecule has 114 valence electrons. The van der Waals surface area contributed by atoms with E-state index in [1.54, 1.807) is 7.05 Å². The van der Waals surface area contributed by atoms with Crippen LogP contribution >= 0.6 is 0 Å². The lowest BCUT2D eigenvalue weighted by molar-refractivity contribution is 0.222. The third kappa shape index (κ3) is 5.56. The Morgan fingerprint density at radius 1 is 1.20 bits per heavy atom. The summed E-state index contributed by atoms with van der Waals surface area (Å²) in [4.78, 5) is 14.8. The Morgan fingerprint density at radius 2 is 1.95 bits per heavy atom. The first kappa shape index (κ1) is 16.4. The molecule has 0 bridgehead atoms. The van der Waals surface area contributed by atoms with Crippen molar-refractivity contribution in [1.29, 1.82) is 0 Å². The first-order valence-corrected chi connectivity index (χ1v) is 6.99. The van der Waals surface area contributed by atoms with E-state index in [1.165, 1.54) is 0 Å². The predicted molar refractivity (Wildman–Crippen MR) is 79.3 cm³/mol. The van der Waals surface area contributed by atoms with Crippen LogP contribution in [0.25, 0.3) is 0 Å². The molecule has 1 rings (SSSR count). The van der Waals surface area contributed by atoms with Crippen molar-refractivity contribution >= 4 is 11.9 Å². The Hall–Kier alpha value is -1.63. The zero-order valence-corrected chi connectivity index (χ0v) is 12.8. The minimum atomic E-state index is 0.0183. The molecule has 0 amide bonds. The zero-order chi connectivity index (χ0) is 15.0. The molecule has 20 heavy (non-hydrogen) atoms. The van der Waals surface area contributed by atoms with Crippen molar-refractivity contribution < 1.29 is 9.84 Å².